The summed E-state index contributed by atoms with van der Waals surface area (Å²) in [5, 5.41) is 32.1. The summed E-state index contributed by atoms with van der Waals surface area (Å²) in [6, 6.07) is 6.02. The van der Waals surface area contributed by atoms with Crippen LogP contribution in [0, 0.1) is 5.92 Å². The molecule has 1 aromatic carbocycles. The van der Waals surface area contributed by atoms with Crippen molar-refractivity contribution in [3.8, 4) is 17.2 Å². The van der Waals surface area contributed by atoms with Gasteiger partial charge in [0.25, 0.3) is 0 Å². The summed E-state index contributed by atoms with van der Waals surface area (Å²) in [5.41, 5.74) is 0.392. The molecule has 1 atom stereocenters. The van der Waals surface area contributed by atoms with Crippen molar-refractivity contribution < 1.29 is 14.2 Å². The predicted molar refractivity (Wildman–Crippen MR) is 284 cm³/mol. The van der Waals surface area contributed by atoms with Gasteiger partial charge in [0.1, 0.15) is 17.2 Å². The first-order valence-corrected chi connectivity index (χ1v) is 26.1. The summed E-state index contributed by atoms with van der Waals surface area (Å²) in [6.45, 7) is 11.1. The molecule has 1 heterocycles. The fraction of sp³-hybridized carbons (Fsp3) is 0.820. The van der Waals surface area contributed by atoms with Crippen molar-refractivity contribution in [2.24, 2.45) is 5.92 Å². The maximum atomic E-state index is 6.65. The second-order valence-electron chi connectivity index (χ2n) is 20.6. The third kappa shape index (κ3) is 16.6. The van der Waals surface area contributed by atoms with Gasteiger partial charge in [-0.05, 0) is 160 Å². The Morgan fingerprint density at radius 1 is 0.493 bits per heavy atom. The average molecular weight is 969 g/mol. The highest BCUT2D eigenvalue weighted by Crippen LogP contribution is 2.60. The van der Waals surface area contributed by atoms with Gasteiger partial charge in [-0.3, -0.25) is 4.90 Å². The van der Waals surface area contributed by atoms with E-state index in [0.29, 0.717) is 44.3 Å². The Kier molecular flexibility index (Phi) is 23.0. The zero-order valence-electron chi connectivity index (χ0n) is 44.8. The van der Waals surface area contributed by atoms with Gasteiger partial charge in [0.05, 0.1) is 26.5 Å². The highest BCUT2D eigenvalue weighted by atomic mass is 16.5. The maximum Gasteiger partial charge on any atom is 0.233 e. The molecule has 2 aromatic rings. The monoisotopic (exact) mass is 969 g/mol. The fourth-order valence-corrected chi connectivity index (χ4v) is 11.5. The molecule has 4 bridgehead atoms. The summed E-state index contributed by atoms with van der Waals surface area (Å²) >= 11 is 0. The molecule has 1 unspecified atom stereocenters. The number of benzene rings is 1. The summed E-state index contributed by atoms with van der Waals surface area (Å²) < 4.78 is 19.4. The standard InChI is InChI=1S/C50H96N16O3/c1-51-17-12-22-64(10)44-60-45(65(11)23-13-18-52-2)62-46(61-44)66(24-14-19-53-3)39-63(9)21-16-26-68-42-27-41(67-25-15-20-54-4)28-43(29-42)69-32-40(30-55-5)31-59-50-36-47(56-6)33-48(37-50,57-7)35-49(34-47,38-50)58-8/h27-29,40,51-59H,12-26,30-39H2,1-11H3. The SMILES string of the molecule is CNCCCOc1cc(OCCCN(C)CN(CCCNC)c2nc(N(C)CCCNC)nc(N(C)CCCNC)n2)cc(OCC(CNC)CNC23CC4(NC)CC(NC)(CC(NC)(C4)C2)C3)c1. The molecule has 4 saturated carbocycles. The molecule has 19 heteroatoms. The smallest absolute Gasteiger partial charge is 0.233 e. The van der Waals surface area contributed by atoms with E-state index in [9.17, 15) is 0 Å². The normalized spacial score (nSPS) is 23.1. The number of hydrogen-bond donors (Lipinski definition) is 9. The van der Waals surface area contributed by atoms with Crippen molar-refractivity contribution in [3.63, 3.8) is 0 Å². The Morgan fingerprint density at radius 3 is 1.41 bits per heavy atom. The number of nitrogens with zero attached hydrogens (tertiary/aromatic N) is 7. The van der Waals surface area contributed by atoms with Crippen molar-refractivity contribution >= 4 is 17.8 Å². The van der Waals surface area contributed by atoms with Crippen LogP contribution in [0.1, 0.15) is 70.6 Å². The first kappa shape index (κ1) is 56.5. The molecule has 4 aliphatic rings. The number of aromatic nitrogens is 3. The van der Waals surface area contributed by atoms with Gasteiger partial charge in [-0.1, -0.05) is 0 Å². The Bertz CT molecular complexity index is 1690. The van der Waals surface area contributed by atoms with Gasteiger partial charge in [-0.25, -0.2) is 0 Å². The van der Waals surface area contributed by atoms with Crippen LogP contribution in [0.15, 0.2) is 18.2 Å². The highest BCUT2D eigenvalue weighted by Gasteiger charge is 2.67. The second kappa shape index (κ2) is 28.0. The molecule has 0 aliphatic heterocycles. The van der Waals surface area contributed by atoms with E-state index in [2.05, 4.69) is 110 Å². The molecule has 394 valence electrons. The van der Waals surface area contributed by atoms with Crippen LogP contribution in [0.3, 0.4) is 0 Å². The Morgan fingerprint density at radius 2 is 0.928 bits per heavy atom. The van der Waals surface area contributed by atoms with E-state index >= 15 is 0 Å². The lowest BCUT2D eigenvalue weighted by Crippen LogP contribution is -2.82. The van der Waals surface area contributed by atoms with Crippen LogP contribution in [0.2, 0.25) is 0 Å². The second-order valence-corrected chi connectivity index (χ2v) is 20.6. The Balaban J connectivity index is 1.23. The molecule has 19 nitrogen and oxygen atoms in total. The zero-order valence-corrected chi connectivity index (χ0v) is 44.8. The lowest BCUT2D eigenvalue weighted by molar-refractivity contribution is -0.0986. The van der Waals surface area contributed by atoms with Crippen molar-refractivity contribution in [2.45, 2.75) is 92.8 Å². The molecule has 1 aromatic heterocycles. The quantitative estimate of drug-likeness (QED) is 0.0348. The molecular weight excluding hydrogens is 873 g/mol. The minimum absolute atomic E-state index is 0.0439. The van der Waals surface area contributed by atoms with Crippen LogP contribution in [-0.2, 0) is 0 Å². The van der Waals surface area contributed by atoms with E-state index < -0.39 is 0 Å². The van der Waals surface area contributed by atoms with E-state index in [1.165, 1.54) is 19.3 Å². The maximum absolute atomic E-state index is 6.65. The molecule has 69 heavy (non-hydrogen) atoms. The van der Waals surface area contributed by atoms with Crippen molar-refractivity contribution in [1.82, 2.24) is 67.7 Å². The largest absolute Gasteiger partial charge is 0.493 e. The minimum atomic E-state index is 0.0439. The van der Waals surface area contributed by atoms with Crippen LogP contribution >= 0.6 is 0 Å². The van der Waals surface area contributed by atoms with Gasteiger partial charge in [0.15, 0.2) is 0 Å². The van der Waals surface area contributed by atoms with Gasteiger partial charge in [0, 0.05) is 99.6 Å². The van der Waals surface area contributed by atoms with E-state index in [1.807, 2.05) is 53.4 Å². The van der Waals surface area contributed by atoms with Gasteiger partial charge in [0.2, 0.25) is 17.8 Å². The van der Waals surface area contributed by atoms with Gasteiger partial charge >= 0.3 is 0 Å². The van der Waals surface area contributed by atoms with Crippen LogP contribution in [0.5, 0.6) is 17.2 Å². The van der Waals surface area contributed by atoms with Gasteiger partial charge in [-0.2, -0.15) is 15.0 Å². The average Bonchev–Trinajstić information content (AvgIpc) is 3.34. The van der Waals surface area contributed by atoms with Crippen LogP contribution < -0.4 is 76.8 Å². The number of nitrogens with one attached hydrogen (secondary N) is 9. The van der Waals surface area contributed by atoms with E-state index in [4.69, 9.17) is 29.2 Å². The molecule has 0 saturated heterocycles. The summed E-state index contributed by atoms with van der Waals surface area (Å²) in [7, 11) is 22.7. The highest BCUT2D eigenvalue weighted by molar-refractivity contribution is 5.46. The zero-order chi connectivity index (χ0) is 49.8. The molecule has 9 N–H and O–H groups in total. The molecule has 4 aliphatic carbocycles. The molecular formula is C50H96N16O3. The van der Waals surface area contributed by atoms with Crippen molar-refractivity contribution in [1.29, 1.82) is 0 Å². The fourth-order valence-electron chi connectivity index (χ4n) is 11.5. The predicted octanol–water partition coefficient (Wildman–Crippen LogP) is 1.52. The molecule has 6 rings (SSSR count). The third-order valence-corrected chi connectivity index (χ3v) is 14.7. The third-order valence-electron chi connectivity index (χ3n) is 14.7. The first-order valence-electron chi connectivity index (χ1n) is 26.1. The number of rotatable bonds is 38. The first-order chi connectivity index (χ1) is 33.3. The minimum Gasteiger partial charge on any atom is -0.493 e. The Hall–Kier alpha value is -3.37. The summed E-state index contributed by atoms with van der Waals surface area (Å²) in [4.78, 5) is 24.0. The summed E-state index contributed by atoms with van der Waals surface area (Å²) in [5.74, 6) is 4.60. The van der Waals surface area contributed by atoms with Crippen LogP contribution in [-0.4, -0.2) is 211 Å². The lowest BCUT2D eigenvalue weighted by atomic mass is 9.44. The summed E-state index contributed by atoms with van der Waals surface area (Å²) in [6.07, 6.45) is 11.6. The molecule has 0 radical (unpaired) electrons. The van der Waals surface area contributed by atoms with Crippen molar-refractivity contribution in [2.75, 3.05) is 184 Å². The van der Waals surface area contributed by atoms with Crippen LogP contribution in [0.25, 0.3) is 0 Å². The number of ether oxygens (including phenoxy) is 3. The van der Waals surface area contributed by atoms with E-state index in [1.54, 1.807) is 0 Å². The van der Waals surface area contributed by atoms with Crippen LogP contribution in [0.4, 0.5) is 17.8 Å². The van der Waals surface area contributed by atoms with E-state index in [0.717, 1.165) is 134 Å². The topological polar surface area (TPSA) is 188 Å². The molecule has 0 spiro atoms. The van der Waals surface area contributed by atoms with Gasteiger partial charge in [-0.15, -0.1) is 0 Å². The molecule has 0 amide bonds. The molecule has 4 fully saturated rings. The van der Waals surface area contributed by atoms with E-state index in [-0.39, 0.29) is 28.1 Å². The Labute approximate surface area is 416 Å². The number of anilines is 3. The number of hydrogen-bond acceptors (Lipinski definition) is 19. The van der Waals surface area contributed by atoms with Gasteiger partial charge < -0.3 is 76.8 Å². The van der Waals surface area contributed by atoms with Crippen molar-refractivity contribution in [3.05, 3.63) is 18.2 Å². The lowest BCUT2D eigenvalue weighted by Gasteiger charge is -2.71.